The van der Waals surface area contributed by atoms with Crippen molar-refractivity contribution < 1.29 is 13.0 Å². The second kappa shape index (κ2) is 4.14. The van der Waals surface area contributed by atoms with Gasteiger partial charge in [0, 0.05) is 16.0 Å². The van der Waals surface area contributed by atoms with E-state index in [0.717, 1.165) is 0 Å². The average Bonchev–Trinajstić information content (AvgIpc) is 1.63. The third kappa shape index (κ3) is 4.74. The van der Waals surface area contributed by atoms with Crippen LogP contribution in [0.15, 0.2) is 0 Å². The summed E-state index contributed by atoms with van der Waals surface area (Å²) >= 11 is -2.17. The van der Waals surface area contributed by atoms with Gasteiger partial charge in [0.05, 0.1) is 5.08 Å². The summed E-state index contributed by atoms with van der Waals surface area (Å²) in [5.74, 6) is 0. The molecule has 2 unspecified atom stereocenters. The number of hydrogen-bond donors (Lipinski definition) is 0. The van der Waals surface area contributed by atoms with Crippen molar-refractivity contribution in [2.75, 3.05) is 5.08 Å². The lowest BCUT2D eigenvalue weighted by Crippen LogP contribution is -2.12. The molecule has 0 radical (unpaired) electrons. The van der Waals surface area contributed by atoms with Gasteiger partial charge in [-0.15, -0.1) is 0 Å². The summed E-state index contributed by atoms with van der Waals surface area (Å²) < 4.78 is 30.5. The summed E-state index contributed by atoms with van der Waals surface area (Å²) in [5.41, 5.74) is 0. The minimum Gasteiger partial charge on any atom is -0.772 e. The van der Waals surface area contributed by atoms with Gasteiger partial charge >= 0.3 is 0 Å². The van der Waals surface area contributed by atoms with Crippen molar-refractivity contribution in [1.82, 2.24) is 0 Å². The van der Waals surface area contributed by atoms with Crippen molar-refractivity contribution in [2.45, 2.75) is 19.1 Å². The zero-order chi connectivity index (χ0) is 7.44. The molecule has 3 nitrogen and oxygen atoms in total. The Kier molecular flexibility index (Phi) is 4.26. The van der Waals surface area contributed by atoms with Crippen LogP contribution < -0.4 is 0 Å². The predicted molar refractivity (Wildman–Crippen MR) is 37.1 cm³/mol. The van der Waals surface area contributed by atoms with E-state index in [4.69, 9.17) is 0 Å². The highest BCUT2D eigenvalue weighted by Gasteiger charge is 2.03. The molecule has 9 heavy (non-hydrogen) atoms. The molecule has 0 aliphatic rings. The number of rotatable bonds is 3. The third-order valence-corrected chi connectivity index (χ3v) is 3.49. The maximum atomic E-state index is 10.7. The molecule has 5 heteroatoms. The molecule has 0 aromatic heterocycles. The topological polar surface area (TPSA) is 57.2 Å². The fourth-order valence-electron chi connectivity index (χ4n) is 0.231. The molecule has 0 bridgehead atoms. The fraction of sp³-hybridized carbons (Fsp3) is 1.00. The summed E-state index contributed by atoms with van der Waals surface area (Å²) in [6.45, 7) is 3.45. The molecule has 0 N–H and O–H groups in total. The molecule has 0 amide bonds. The van der Waals surface area contributed by atoms with Gasteiger partial charge in [0.15, 0.2) is 0 Å². The normalized spacial score (nSPS) is 17.8. The van der Waals surface area contributed by atoms with Crippen LogP contribution in [0.3, 0.4) is 0 Å². The van der Waals surface area contributed by atoms with Crippen LogP contribution in [0, 0.1) is 0 Å². The Morgan fingerprint density at radius 1 is 1.44 bits per heavy atom. The molecular formula is C4H9O3S2-. The van der Waals surface area contributed by atoms with E-state index in [1.165, 1.54) is 0 Å². The van der Waals surface area contributed by atoms with Crippen LogP contribution in [0.2, 0.25) is 0 Å². The van der Waals surface area contributed by atoms with E-state index in [0.29, 0.717) is 0 Å². The molecule has 0 aromatic carbocycles. The van der Waals surface area contributed by atoms with Crippen LogP contribution in [0.1, 0.15) is 13.8 Å². The van der Waals surface area contributed by atoms with Crippen LogP contribution in [0.4, 0.5) is 0 Å². The first-order valence-electron chi connectivity index (χ1n) is 2.47. The molecule has 0 heterocycles. The van der Waals surface area contributed by atoms with E-state index >= 15 is 0 Å². The van der Waals surface area contributed by atoms with Gasteiger partial charge in [-0.25, -0.2) is 0 Å². The molecule has 0 aromatic rings. The summed E-state index contributed by atoms with van der Waals surface area (Å²) in [4.78, 5) is 0. The Hall–Kier alpha value is 0.260. The smallest absolute Gasteiger partial charge is 0.0862 e. The zero-order valence-corrected chi connectivity index (χ0v) is 6.96. The lowest BCUT2D eigenvalue weighted by molar-refractivity contribution is 0.541. The molecule has 0 saturated carbocycles. The van der Waals surface area contributed by atoms with E-state index in [9.17, 15) is 13.0 Å². The van der Waals surface area contributed by atoms with Crippen molar-refractivity contribution in [3.05, 3.63) is 0 Å². The van der Waals surface area contributed by atoms with Crippen molar-refractivity contribution in [3.8, 4) is 0 Å². The highest BCUT2D eigenvalue weighted by molar-refractivity contribution is 7.99. The molecule has 0 saturated heterocycles. The quantitative estimate of drug-likeness (QED) is 0.558. The van der Waals surface area contributed by atoms with Gasteiger partial charge in [-0.3, -0.25) is 8.42 Å². The van der Waals surface area contributed by atoms with Crippen LogP contribution in [-0.2, 0) is 21.9 Å². The van der Waals surface area contributed by atoms with Crippen LogP contribution in [-0.4, -0.2) is 23.3 Å². The lowest BCUT2D eigenvalue weighted by atomic mass is 10.6. The van der Waals surface area contributed by atoms with Crippen molar-refractivity contribution in [3.63, 3.8) is 0 Å². The Balaban J connectivity index is 3.64. The Bertz CT molecular complexity index is 132. The van der Waals surface area contributed by atoms with Crippen molar-refractivity contribution >= 4 is 21.9 Å². The van der Waals surface area contributed by atoms with Crippen LogP contribution in [0.5, 0.6) is 0 Å². The van der Waals surface area contributed by atoms with Gasteiger partial charge in [-0.05, 0) is 11.1 Å². The second-order valence-electron chi connectivity index (χ2n) is 1.85. The maximum Gasteiger partial charge on any atom is 0.0862 e. The highest BCUT2D eigenvalue weighted by Crippen LogP contribution is 1.94. The Labute approximate surface area is 59.6 Å². The van der Waals surface area contributed by atoms with Gasteiger partial charge in [0.25, 0.3) is 0 Å². The Morgan fingerprint density at radius 3 is 2.00 bits per heavy atom. The molecule has 0 aliphatic carbocycles. The first kappa shape index (κ1) is 9.26. The van der Waals surface area contributed by atoms with Gasteiger partial charge in [-0.2, -0.15) is 0 Å². The van der Waals surface area contributed by atoms with Crippen molar-refractivity contribution in [1.29, 1.82) is 0 Å². The van der Waals surface area contributed by atoms with E-state index < -0.39 is 21.9 Å². The molecule has 0 spiro atoms. The van der Waals surface area contributed by atoms with Crippen LogP contribution in [0.25, 0.3) is 0 Å². The van der Waals surface area contributed by atoms with Crippen LogP contribution >= 0.6 is 0 Å². The maximum absolute atomic E-state index is 10.7. The van der Waals surface area contributed by atoms with Gasteiger partial charge < -0.3 is 4.55 Å². The van der Waals surface area contributed by atoms with Crippen molar-refractivity contribution in [2.24, 2.45) is 0 Å². The monoisotopic (exact) mass is 169 g/mol. The SMILES string of the molecule is CC(C)S(=O)CS(=O)[O-]. The molecule has 0 rings (SSSR count). The molecule has 0 fully saturated rings. The zero-order valence-electron chi connectivity index (χ0n) is 5.33. The third-order valence-electron chi connectivity index (χ3n) is 0.738. The summed E-state index contributed by atoms with van der Waals surface area (Å²) in [5, 5.41) is -0.305. The standard InChI is InChI=1S/C4H10O3S2/c1-4(2)8(5)3-9(6)7/h4H,3H2,1-2H3,(H,6,7)/p-1. The molecule has 56 valence electrons. The molecule has 0 aliphatic heterocycles. The second-order valence-corrected chi connectivity index (χ2v) is 5.11. The summed E-state index contributed by atoms with van der Waals surface area (Å²) in [6, 6.07) is 0. The molecule has 2 atom stereocenters. The first-order valence-corrected chi connectivity index (χ1v) is 5.09. The van der Waals surface area contributed by atoms with Gasteiger partial charge in [0.2, 0.25) is 0 Å². The predicted octanol–water partition coefficient (Wildman–Crippen LogP) is -0.0199. The Morgan fingerprint density at radius 2 is 1.89 bits per heavy atom. The fourth-order valence-corrected chi connectivity index (χ4v) is 2.08. The van der Waals surface area contributed by atoms with E-state index in [1.807, 2.05) is 0 Å². The lowest BCUT2D eigenvalue weighted by Gasteiger charge is -2.06. The van der Waals surface area contributed by atoms with E-state index in [-0.39, 0.29) is 10.3 Å². The average molecular weight is 169 g/mol. The summed E-state index contributed by atoms with van der Waals surface area (Å²) in [6.07, 6.45) is 0. The van der Waals surface area contributed by atoms with E-state index in [2.05, 4.69) is 0 Å². The van der Waals surface area contributed by atoms with Gasteiger partial charge in [0.1, 0.15) is 0 Å². The highest BCUT2D eigenvalue weighted by atomic mass is 32.3. The minimum atomic E-state index is -2.17. The van der Waals surface area contributed by atoms with Gasteiger partial charge in [-0.1, -0.05) is 13.8 Å². The molecular weight excluding hydrogens is 160 g/mol. The minimum absolute atomic E-state index is 0.0668. The first-order chi connectivity index (χ1) is 4.04. The van der Waals surface area contributed by atoms with E-state index in [1.54, 1.807) is 13.8 Å². The largest absolute Gasteiger partial charge is 0.772 e. The summed E-state index contributed by atoms with van der Waals surface area (Å²) in [7, 11) is -1.21. The number of hydrogen-bond acceptors (Lipinski definition) is 3.